The van der Waals surface area contributed by atoms with Crippen molar-refractivity contribution in [3.05, 3.63) is 30.3 Å². The maximum atomic E-state index is 5.95. The third-order valence-electron chi connectivity index (χ3n) is 3.59. The summed E-state index contributed by atoms with van der Waals surface area (Å²) < 4.78 is 6.08. The molecule has 2 aliphatic rings. The Balaban J connectivity index is 1.64. The van der Waals surface area contributed by atoms with Gasteiger partial charge in [-0.1, -0.05) is 0 Å². The van der Waals surface area contributed by atoms with E-state index in [1.807, 2.05) is 0 Å². The van der Waals surface area contributed by atoms with Crippen LogP contribution in [-0.2, 0) is 4.74 Å². The van der Waals surface area contributed by atoms with Crippen molar-refractivity contribution in [2.24, 2.45) is 5.92 Å². The summed E-state index contributed by atoms with van der Waals surface area (Å²) in [4.78, 5) is 0.633. The van der Waals surface area contributed by atoms with E-state index >= 15 is 0 Å². The van der Waals surface area contributed by atoms with Crippen molar-refractivity contribution in [1.82, 2.24) is 0 Å². The van der Waals surface area contributed by atoms with Crippen LogP contribution in [0.25, 0.3) is 0 Å². The van der Waals surface area contributed by atoms with Gasteiger partial charge >= 0.3 is 129 Å². The summed E-state index contributed by atoms with van der Waals surface area (Å²) in [6.07, 6.45) is 2.27. The molecule has 1 aromatic rings. The van der Waals surface area contributed by atoms with Gasteiger partial charge in [-0.15, -0.1) is 0 Å². The molecule has 1 saturated carbocycles. The van der Waals surface area contributed by atoms with E-state index in [-0.39, 0.29) is 12.2 Å². The van der Waals surface area contributed by atoms with Crippen LogP contribution in [0.15, 0.2) is 30.3 Å². The molecule has 0 aromatic heterocycles. The van der Waals surface area contributed by atoms with Gasteiger partial charge in [-0.3, -0.25) is 0 Å². The molecule has 98 valence electrons. The zero-order valence-electron chi connectivity index (χ0n) is 9.56. The van der Waals surface area contributed by atoms with Crippen molar-refractivity contribution in [1.29, 1.82) is 0 Å². The van der Waals surface area contributed by atoms with Crippen LogP contribution in [0.4, 0.5) is 0 Å². The Morgan fingerprint density at radius 1 is 1.11 bits per heavy atom. The first-order chi connectivity index (χ1) is 8.54. The molecule has 1 saturated heterocycles. The summed E-state index contributed by atoms with van der Waals surface area (Å²) in [7, 11) is 0. The van der Waals surface area contributed by atoms with Crippen molar-refractivity contribution in [2.75, 3.05) is 0 Å². The van der Waals surface area contributed by atoms with Gasteiger partial charge in [0.1, 0.15) is 0 Å². The summed E-state index contributed by atoms with van der Waals surface area (Å²) >= 11 is 18.3. The molecule has 4 atom stereocenters. The molecular weight excluding hydrogens is 357 g/mol. The molecule has 5 heteroatoms. The van der Waals surface area contributed by atoms with Gasteiger partial charge in [0, 0.05) is 0 Å². The van der Waals surface area contributed by atoms with Gasteiger partial charge < -0.3 is 0 Å². The first kappa shape index (κ1) is 13.5. The summed E-state index contributed by atoms with van der Waals surface area (Å²) in [5.41, 5.74) is 0. The molecule has 18 heavy (non-hydrogen) atoms. The van der Waals surface area contributed by atoms with Crippen molar-refractivity contribution in [2.45, 2.75) is 33.7 Å². The molecule has 0 spiro atoms. The second-order valence-corrected chi connectivity index (χ2v) is 9.96. The third kappa shape index (κ3) is 2.70. The van der Waals surface area contributed by atoms with Crippen molar-refractivity contribution in [3.63, 3.8) is 0 Å². The maximum absolute atomic E-state index is 5.95. The molecule has 0 radical (unpaired) electrons. The number of halogens is 3. The van der Waals surface area contributed by atoms with Crippen molar-refractivity contribution >= 4 is 54.2 Å². The van der Waals surface area contributed by atoms with Crippen LogP contribution in [0.5, 0.6) is 0 Å². The predicted molar refractivity (Wildman–Crippen MR) is 77.3 cm³/mol. The quantitative estimate of drug-likeness (QED) is 0.573. The zero-order valence-corrected chi connectivity index (χ0v) is 13.5. The van der Waals surface area contributed by atoms with E-state index < -0.39 is 3.79 Å². The first-order valence-corrected chi connectivity index (χ1v) is 8.96. The molecule has 0 amide bonds. The molecule has 1 aliphatic carbocycles. The number of hydrogen-bond acceptors (Lipinski definition) is 1. The van der Waals surface area contributed by atoms with Gasteiger partial charge in [-0.25, -0.2) is 0 Å². The average Bonchev–Trinajstić information content (AvgIpc) is 2.89. The zero-order chi connectivity index (χ0) is 12.8. The number of ether oxygens (including phenoxy) is 1. The summed E-state index contributed by atoms with van der Waals surface area (Å²) in [5, 5.41) is 0. The molecule has 0 N–H and O–H groups in total. The average molecular weight is 371 g/mol. The van der Waals surface area contributed by atoms with Gasteiger partial charge in [0.15, 0.2) is 0 Å². The fourth-order valence-electron chi connectivity index (χ4n) is 2.83. The van der Waals surface area contributed by atoms with Crippen LogP contribution < -0.4 is 4.46 Å². The van der Waals surface area contributed by atoms with Crippen LogP contribution in [0.2, 0.25) is 4.82 Å². The number of fused-ring (bicyclic) bond motifs is 2. The van der Waals surface area contributed by atoms with E-state index in [0.717, 1.165) is 12.8 Å². The Bertz CT molecular complexity index is 420. The van der Waals surface area contributed by atoms with Crippen molar-refractivity contribution in [3.8, 4) is 0 Å². The number of rotatable bonds is 2. The minimum atomic E-state index is -1.27. The SMILES string of the molecule is ClC(Cl)(Cl)C1OC2CC1CC2[Se]c1ccccc1. The molecule has 3 rings (SSSR count). The first-order valence-electron chi connectivity index (χ1n) is 5.98. The Morgan fingerprint density at radius 2 is 1.83 bits per heavy atom. The Morgan fingerprint density at radius 3 is 2.39 bits per heavy atom. The van der Waals surface area contributed by atoms with Gasteiger partial charge in [0.05, 0.1) is 0 Å². The third-order valence-corrected chi connectivity index (χ3v) is 7.05. The second-order valence-electron chi connectivity index (χ2n) is 4.84. The van der Waals surface area contributed by atoms with E-state index in [2.05, 4.69) is 30.3 Å². The Kier molecular flexibility index (Phi) is 3.89. The summed E-state index contributed by atoms with van der Waals surface area (Å²) in [5.74, 6) is 0.415. The summed E-state index contributed by atoms with van der Waals surface area (Å²) in [6.45, 7) is 0. The number of benzene rings is 1. The normalized spacial score (nSPS) is 35.1. The molecule has 1 aliphatic heterocycles. The van der Waals surface area contributed by atoms with E-state index in [9.17, 15) is 0 Å². The number of alkyl halides is 3. The van der Waals surface area contributed by atoms with Gasteiger partial charge in [-0.2, -0.15) is 0 Å². The molecule has 2 bridgehead atoms. The van der Waals surface area contributed by atoms with Crippen LogP contribution in [-0.4, -0.2) is 31.0 Å². The van der Waals surface area contributed by atoms with E-state index in [1.165, 1.54) is 4.46 Å². The molecule has 1 nitrogen and oxygen atoms in total. The summed E-state index contributed by atoms with van der Waals surface area (Å²) in [6, 6.07) is 10.6. The molecule has 4 unspecified atom stereocenters. The van der Waals surface area contributed by atoms with Gasteiger partial charge in [0.2, 0.25) is 0 Å². The van der Waals surface area contributed by atoms with Gasteiger partial charge in [-0.05, 0) is 0 Å². The Labute approximate surface area is 128 Å². The molecule has 1 aromatic carbocycles. The van der Waals surface area contributed by atoms with Crippen LogP contribution in [0.3, 0.4) is 0 Å². The van der Waals surface area contributed by atoms with Crippen LogP contribution in [0.1, 0.15) is 12.8 Å². The van der Waals surface area contributed by atoms with E-state index in [1.54, 1.807) is 0 Å². The monoisotopic (exact) mass is 370 g/mol. The molecule has 2 fully saturated rings. The fourth-order valence-corrected chi connectivity index (χ4v) is 6.32. The fraction of sp³-hybridized carbons (Fsp3) is 0.538. The van der Waals surface area contributed by atoms with E-state index in [4.69, 9.17) is 39.5 Å². The topological polar surface area (TPSA) is 9.23 Å². The van der Waals surface area contributed by atoms with E-state index in [0.29, 0.717) is 25.7 Å². The standard InChI is InChI=1S/C13H13Cl3OSe/c14-13(15,16)12-8-6-10(17-12)11(7-8)18-9-4-2-1-3-5-9/h1-5,8,10-12H,6-7H2. The predicted octanol–water partition coefficient (Wildman–Crippen LogP) is 3.35. The number of hydrogen-bond donors (Lipinski definition) is 0. The minimum absolute atomic E-state index is 0.213. The van der Waals surface area contributed by atoms with Crippen molar-refractivity contribution < 1.29 is 4.74 Å². The van der Waals surface area contributed by atoms with Crippen LogP contribution in [0, 0.1) is 5.92 Å². The second kappa shape index (κ2) is 5.16. The molecule has 1 heterocycles. The Hall–Kier alpha value is 0.569. The molecular formula is C13H13Cl3OSe. The van der Waals surface area contributed by atoms with Crippen LogP contribution >= 0.6 is 34.8 Å². The van der Waals surface area contributed by atoms with Gasteiger partial charge in [0.25, 0.3) is 0 Å².